The Morgan fingerprint density at radius 1 is 1.26 bits per heavy atom. The number of carbonyl (C=O) groups excluding carboxylic acids is 1. The fourth-order valence-corrected chi connectivity index (χ4v) is 2.35. The van der Waals surface area contributed by atoms with Crippen molar-refractivity contribution in [1.29, 1.82) is 0 Å². The van der Waals surface area contributed by atoms with Crippen molar-refractivity contribution in [2.75, 3.05) is 38.0 Å². The zero-order valence-corrected chi connectivity index (χ0v) is 11.6. The average Bonchev–Trinajstić information content (AvgIpc) is 2.91. The fraction of sp³-hybridized carbons (Fsp3) is 0.533. The zero-order chi connectivity index (χ0) is 13.5. The van der Waals surface area contributed by atoms with Crippen LogP contribution in [-0.2, 0) is 4.79 Å². The van der Waals surface area contributed by atoms with Gasteiger partial charge >= 0.3 is 0 Å². The minimum Gasteiger partial charge on any atom is -0.325 e. The van der Waals surface area contributed by atoms with Crippen LogP contribution in [0, 0.1) is 6.92 Å². The predicted octanol–water partition coefficient (Wildman–Crippen LogP) is 1.62. The third-order valence-electron chi connectivity index (χ3n) is 3.51. The Balaban J connectivity index is 1.63. The van der Waals surface area contributed by atoms with Gasteiger partial charge < -0.3 is 15.5 Å². The van der Waals surface area contributed by atoms with Gasteiger partial charge in [0.2, 0.25) is 5.91 Å². The molecule has 1 aromatic carbocycles. The summed E-state index contributed by atoms with van der Waals surface area (Å²) in [7, 11) is 0. The summed E-state index contributed by atoms with van der Waals surface area (Å²) >= 11 is 0. The van der Waals surface area contributed by atoms with E-state index in [0.717, 1.165) is 24.3 Å². The van der Waals surface area contributed by atoms with Crippen LogP contribution in [-0.4, -0.2) is 43.5 Å². The molecule has 1 amide bonds. The summed E-state index contributed by atoms with van der Waals surface area (Å²) < 4.78 is 0. The summed E-state index contributed by atoms with van der Waals surface area (Å²) in [4.78, 5) is 14.2. The molecule has 0 bridgehead atoms. The number of nitrogens with one attached hydrogen (secondary N) is 2. The number of hydrogen-bond donors (Lipinski definition) is 2. The second-order valence-electron chi connectivity index (χ2n) is 5.09. The van der Waals surface area contributed by atoms with Crippen LogP contribution in [0.3, 0.4) is 0 Å². The van der Waals surface area contributed by atoms with E-state index in [4.69, 9.17) is 0 Å². The third kappa shape index (κ3) is 4.65. The topological polar surface area (TPSA) is 44.4 Å². The standard InChI is InChI=1S/C15H23N3O/c1-13-6-2-3-7-14(13)17-15(19)12-16-8-11-18-9-4-5-10-18/h2-3,6-7,16H,4-5,8-12H2,1H3,(H,17,19). The molecule has 1 fully saturated rings. The van der Waals surface area contributed by atoms with Gasteiger partial charge in [0.1, 0.15) is 0 Å². The number of likely N-dealkylation sites (tertiary alicyclic amines) is 1. The first kappa shape index (κ1) is 14.0. The molecule has 1 aliphatic rings. The number of para-hydroxylation sites is 1. The molecule has 0 spiro atoms. The monoisotopic (exact) mass is 261 g/mol. The molecule has 4 nitrogen and oxygen atoms in total. The van der Waals surface area contributed by atoms with Gasteiger partial charge in [-0.2, -0.15) is 0 Å². The van der Waals surface area contributed by atoms with Crippen molar-refractivity contribution in [2.24, 2.45) is 0 Å². The lowest BCUT2D eigenvalue weighted by Gasteiger charge is -2.14. The Morgan fingerprint density at radius 2 is 2.00 bits per heavy atom. The molecule has 104 valence electrons. The highest BCUT2D eigenvalue weighted by atomic mass is 16.1. The average molecular weight is 261 g/mol. The van der Waals surface area contributed by atoms with E-state index in [9.17, 15) is 4.79 Å². The zero-order valence-electron chi connectivity index (χ0n) is 11.6. The van der Waals surface area contributed by atoms with Crippen molar-refractivity contribution in [1.82, 2.24) is 10.2 Å². The Hall–Kier alpha value is -1.39. The molecule has 0 radical (unpaired) electrons. The van der Waals surface area contributed by atoms with Crippen molar-refractivity contribution >= 4 is 11.6 Å². The molecule has 0 atom stereocenters. The summed E-state index contributed by atoms with van der Waals surface area (Å²) in [5, 5.41) is 6.12. The first-order valence-corrected chi connectivity index (χ1v) is 7.04. The van der Waals surface area contributed by atoms with Crippen molar-refractivity contribution in [3.8, 4) is 0 Å². The number of nitrogens with zero attached hydrogens (tertiary/aromatic N) is 1. The maximum Gasteiger partial charge on any atom is 0.238 e. The van der Waals surface area contributed by atoms with Gasteiger partial charge in [0, 0.05) is 18.8 Å². The molecular weight excluding hydrogens is 238 g/mol. The molecule has 4 heteroatoms. The van der Waals surface area contributed by atoms with Crippen LogP contribution >= 0.6 is 0 Å². The fourth-order valence-electron chi connectivity index (χ4n) is 2.35. The number of benzene rings is 1. The van der Waals surface area contributed by atoms with E-state index < -0.39 is 0 Å². The molecule has 1 saturated heterocycles. The number of carbonyl (C=O) groups is 1. The maximum absolute atomic E-state index is 11.8. The molecule has 0 saturated carbocycles. The van der Waals surface area contributed by atoms with Crippen LogP contribution < -0.4 is 10.6 Å². The Kier molecular flexibility index (Phi) is 5.36. The van der Waals surface area contributed by atoms with Crippen LogP contribution in [0.5, 0.6) is 0 Å². The lowest BCUT2D eigenvalue weighted by atomic mass is 10.2. The number of aryl methyl sites for hydroxylation is 1. The van der Waals surface area contributed by atoms with Gasteiger partial charge in [-0.05, 0) is 44.5 Å². The highest BCUT2D eigenvalue weighted by Gasteiger charge is 2.10. The number of rotatable bonds is 6. The smallest absolute Gasteiger partial charge is 0.238 e. The minimum absolute atomic E-state index is 0.0238. The van der Waals surface area contributed by atoms with Crippen LogP contribution in [0.4, 0.5) is 5.69 Å². The number of amides is 1. The SMILES string of the molecule is Cc1ccccc1NC(=O)CNCCN1CCCC1. The summed E-state index contributed by atoms with van der Waals surface area (Å²) in [6.07, 6.45) is 2.63. The summed E-state index contributed by atoms with van der Waals surface area (Å²) in [6.45, 7) is 6.70. The quantitative estimate of drug-likeness (QED) is 0.765. The first-order valence-electron chi connectivity index (χ1n) is 7.04. The molecule has 1 aromatic rings. The second kappa shape index (κ2) is 7.26. The van der Waals surface area contributed by atoms with E-state index in [1.807, 2.05) is 31.2 Å². The van der Waals surface area contributed by atoms with Gasteiger partial charge in [0.25, 0.3) is 0 Å². The van der Waals surface area contributed by atoms with Gasteiger partial charge in [-0.15, -0.1) is 0 Å². The molecule has 0 aromatic heterocycles. The maximum atomic E-state index is 11.8. The lowest BCUT2D eigenvalue weighted by Crippen LogP contribution is -2.34. The van der Waals surface area contributed by atoms with E-state index in [1.165, 1.54) is 25.9 Å². The van der Waals surface area contributed by atoms with E-state index in [-0.39, 0.29) is 5.91 Å². The number of anilines is 1. The van der Waals surface area contributed by atoms with Crippen LogP contribution in [0.2, 0.25) is 0 Å². The molecule has 0 aliphatic carbocycles. The van der Waals surface area contributed by atoms with Crippen molar-refractivity contribution in [3.63, 3.8) is 0 Å². The molecule has 0 unspecified atom stereocenters. The Bertz CT molecular complexity index is 414. The Morgan fingerprint density at radius 3 is 2.74 bits per heavy atom. The van der Waals surface area contributed by atoms with Crippen molar-refractivity contribution in [3.05, 3.63) is 29.8 Å². The van der Waals surface area contributed by atoms with Crippen LogP contribution in [0.25, 0.3) is 0 Å². The third-order valence-corrected chi connectivity index (χ3v) is 3.51. The first-order chi connectivity index (χ1) is 9.25. The minimum atomic E-state index is 0.0238. The van der Waals surface area contributed by atoms with Crippen LogP contribution in [0.1, 0.15) is 18.4 Å². The van der Waals surface area contributed by atoms with Crippen molar-refractivity contribution in [2.45, 2.75) is 19.8 Å². The number of hydrogen-bond acceptors (Lipinski definition) is 3. The normalized spacial score (nSPS) is 15.6. The molecule has 1 heterocycles. The predicted molar refractivity (Wildman–Crippen MR) is 78.4 cm³/mol. The lowest BCUT2D eigenvalue weighted by molar-refractivity contribution is -0.115. The molecule has 19 heavy (non-hydrogen) atoms. The van der Waals surface area contributed by atoms with E-state index in [1.54, 1.807) is 0 Å². The Labute approximate surface area is 115 Å². The van der Waals surface area contributed by atoms with Gasteiger partial charge in [0.15, 0.2) is 0 Å². The van der Waals surface area contributed by atoms with Gasteiger partial charge in [-0.1, -0.05) is 18.2 Å². The molecule has 1 aliphatic heterocycles. The van der Waals surface area contributed by atoms with Crippen molar-refractivity contribution < 1.29 is 4.79 Å². The van der Waals surface area contributed by atoms with E-state index in [2.05, 4.69) is 15.5 Å². The van der Waals surface area contributed by atoms with Crippen LogP contribution in [0.15, 0.2) is 24.3 Å². The van der Waals surface area contributed by atoms with Gasteiger partial charge in [0.05, 0.1) is 6.54 Å². The molecular formula is C15H23N3O. The van der Waals surface area contributed by atoms with E-state index in [0.29, 0.717) is 6.54 Å². The van der Waals surface area contributed by atoms with E-state index >= 15 is 0 Å². The highest BCUT2D eigenvalue weighted by molar-refractivity contribution is 5.92. The largest absolute Gasteiger partial charge is 0.325 e. The summed E-state index contributed by atoms with van der Waals surface area (Å²) in [6, 6.07) is 7.83. The summed E-state index contributed by atoms with van der Waals surface area (Å²) in [5.74, 6) is 0.0238. The van der Waals surface area contributed by atoms with Gasteiger partial charge in [-0.3, -0.25) is 4.79 Å². The summed E-state index contributed by atoms with van der Waals surface area (Å²) in [5.41, 5.74) is 1.99. The molecule has 2 N–H and O–H groups in total. The molecule has 2 rings (SSSR count). The second-order valence-corrected chi connectivity index (χ2v) is 5.09. The van der Waals surface area contributed by atoms with Gasteiger partial charge in [-0.25, -0.2) is 0 Å². The highest BCUT2D eigenvalue weighted by Crippen LogP contribution is 2.12.